The average molecular weight is 255 g/mol. The molecule has 0 bridgehead atoms. The molecule has 0 aliphatic carbocycles. The molecule has 0 fully saturated rings. The third-order valence-electron chi connectivity index (χ3n) is 3.15. The molecule has 0 heterocycles. The highest BCUT2D eigenvalue weighted by Crippen LogP contribution is 2.25. The van der Waals surface area contributed by atoms with Crippen molar-refractivity contribution >= 4 is 0 Å². The second kappa shape index (κ2) is 6.39. The average Bonchev–Trinajstić information content (AvgIpc) is 2.39. The van der Waals surface area contributed by atoms with E-state index in [0.717, 1.165) is 12.2 Å². The van der Waals surface area contributed by atoms with Crippen LogP contribution < -0.4 is 10.5 Å². The van der Waals surface area contributed by atoms with Gasteiger partial charge in [-0.1, -0.05) is 42.0 Å². The number of hydrogen-bond donors (Lipinski definition) is 1. The first-order chi connectivity index (χ1) is 9.19. The molecule has 0 aliphatic rings. The number of aryl methyl sites for hydroxylation is 2. The summed E-state index contributed by atoms with van der Waals surface area (Å²) < 4.78 is 6.08. The molecule has 0 radical (unpaired) electrons. The highest BCUT2D eigenvalue weighted by Gasteiger charge is 2.12. The standard InChI is InChI=1S/C17H21NO/c1-13-6-8-15(9-7-13)17(10-11-18)19-16-5-3-4-14(2)12-16/h3-9,12,17H,10-11,18H2,1-2H3. The first-order valence-electron chi connectivity index (χ1n) is 6.69. The topological polar surface area (TPSA) is 35.2 Å². The monoisotopic (exact) mass is 255 g/mol. The Kier molecular flexibility index (Phi) is 4.58. The zero-order chi connectivity index (χ0) is 13.7. The van der Waals surface area contributed by atoms with Gasteiger partial charge in [0.1, 0.15) is 11.9 Å². The lowest BCUT2D eigenvalue weighted by Crippen LogP contribution is -2.13. The van der Waals surface area contributed by atoms with E-state index in [1.807, 2.05) is 12.1 Å². The summed E-state index contributed by atoms with van der Waals surface area (Å²) in [5.41, 5.74) is 9.34. The number of benzene rings is 2. The van der Waals surface area contributed by atoms with Gasteiger partial charge in [-0.2, -0.15) is 0 Å². The van der Waals surface area contributed by atoms with Crippen LogP contribution in [0, 0.1) is 13.8 Å². The molecule has 1 atom stereocenters. The van der Waals surface area contributed by atoms with Crippen molar-refractivity contribution in [1.82, 2.24) is 0 Å². The van der Waals surface area contributed by atoms with Crippen molar-refractivity contribution in [2.75, 3.05) is 6.54 Å². The van der Waals surface area contributed by atoms with Crippen LogP contribution in [0.15, 0.2) is 48.5 Å². The van der Waals surface area contributed by atoms with Gasteiger partial charge in [0.25, 0.3) is 0 Å². The molecule has 2 N–H and O–H groups in total. The summed E-state index contributed by atoms with van der Waals surface area (Å²) in [6.45, 7) is 4.77. The van der Waals surface area contributed by atoms with Crippen molar-refractivity contribution < 1.29 is 4.74 Å². The summed E-state index contributed by atoms with van der Waals surface area (Å²) in [4.78, 5) is 0. The van der Waals surface area contributed by atoms with Crippen LogP contribution in [-0.2, 0) is 0 Å². The first-order valence-corrected chi connectivity index (χ1v) is 6.69. The maximum absolute atomic E-state index is 6.08. The number of ether oxygens (including phenoxy) is 1. The third-order valence-corrected chi connectivity index (χ3v) is 3.15. The van der Waals surface area contributed by atoms with Crippen LogP contribution in [0.5, 0.6) is 5.75 Å². The van der Waals surface area contributed by atoms with Crippen molar-refractivity contribution in [2.24, 2.45) is 5.73 Å². The van der Waals surface area contributed by atoms with Crippen molar-refractivity contribution in [1.29, 1.82) is 0 Å². The normalized spacial score (nSPS) is 12.2. The van der Waals surface area contributed by atoms with Crippen molar-refractivity contribution in [3.05, 3.63) is 65.2 Å². The molecule has 0 spiro atoms. The fourth-order valence-electron chi connectivity index (χ4n) is 2.08. The van der Waals surface area contributed by atoms with Crippen LogP contribution in [0.4, 0.5) is 0 Å². The predicted octanol–water partition coefficient (Wildman–Crippen LogP) is 3.77. The quantitative estimate of drug-likeness (QED) is 0.882. The maximum Gasteiger partial charge on any atom is 0.125 e. The van der Waals surface area contributed by atoms with E-state index < -0.39 is 0 Å². The lowest BCUT2D eigenvalue weighted by molar-refractivity contribution is 0.197. The Morgan fingerprint density at radius 2 is 1.74 bits per heavy atom. The van der Waals surface area contributed by atoms with E-state index >= 15 is 0 Å². The molecule has 19 heavy (non-hydrogen) atoms. The minimum Gasteiger partial charge on any atom is -0.486 e. The Labute approximate surface area is 115 Å². The molecule has 0 saturated heterocycles. The Hall–Kier alpha value is -1.80. The minimum absolute atomic E-state index is 0.0207. The van der Waals surface area contributed by atoms with Crippen LogP contribution in [0.3, 0.4) is 0 Å². The minimum atomic E-state index is 0.0207. The molecule has 0 aliphatic heterocycles. The number of hydrogen-bond acceptors (Lipinski definition) is 2. The molecule has 2 rings (SSSR count). The highest BCUT2D eigenvalue weighted by molar-refractivity contribution is 5.29. The van der Waals surface area contributed by atoms with Crippen molar-refractivity contribution in [2.45, 2.75) is 26.4 Å². The predicted molar refractivity (Wildman–Crippen MR) is 79.4 cm³/mol. The number of nitrogens with two attached hydrogens (primary N) is 1. The SMILES string of the molecule is Cc1ccc(C(CCN)Oc2cccc(C)c2)cc1. The van der Waals surface area contributed by atoms with Gasteiger partial charge in [-0.05, 0) is 43.7 Å². The summed E-state index contributed by atoms with van der Waals surface area (Å²) in [6, 6.07) is 16.6. The lowest BCUT2D eigenvalue weighted by Gasteiger charge is -2.19. The van der Waals surface area contributed by atoms with E-state index in [-0.39, 0.29) is 6.10 Å². The summed E-state index contributed by atoms with van der Waals surface area (Å²) in [6.07, 6.45) is 0.837. The summed E-state index contributed by atoms with van der Waals surface area (Å²) in [7, 11) is 0. The van der Waals surface area contributed by atoms with Crippen LogP contribution in [-0.4, -0.2) is 6.54 Å². The summed E-state index contributed by atoms with van der Waals surface area (Å²) in [5.74, 6) is 0.902. The molecule has 2 aromatic carbocycles. The van der Waals surface area contributed by atoms with Gasteiger partial charge < -0.3 is 10.5 Å². The van der Waals surface area contributed by atoms with E-state index in [2.05, 4.69) is 50.2 Å². The molecule has 2 heteroatoms. The fourth-order valence-corrected chi connectivity index (χ4v) is 2.08. The Balaban J connectivity index is 2.18. The van der Waals surface area contributed by atoms with E-state index in [1.54, 1.807) is 0 Å². The zero-order valence-corrected chi connectivity index (χ0v) is 11.6. The van der Waals surface area contributed by atoms with Gasteiger partial charge >= 0.3 is 0 Å². The van der Waals surface area contributed by atoms with Crippen molar-refractivity contribution in [3.8, 4) is 5.75 Å². The zero-order valence-electron chi connectivity index (χ0n) is 11.6. The molecule has 0 amide bonds. The maximum atomic E-state index is 6.08. The summed E-state index contributed by atoms with van der Waals surface area (Å²) >= 11 is 0. The van der Waals surface area contributed by atoms with Crippen LogP contribution in [0.1, 0.15) is 29.2 Å². The Bertz CT molecular complexity index is 519. The van der Waals surface area contributed by atoms with E-state index in [1.165, 1.54) is 16.7 Å². The number of rotatable bonds is 5. The molecular weight excluding hydrogens is 234 g/mol. The second-order valence-corrected chi connectivity index (χ2v) is 4.91. The van der Waals surface area contributed by atoms with E-state index in [0.29, 0.717) is 6.54 Å². The van der Waals surface area contributed by atoms with Crippen LogP contribution >= 0.6 is 0 Å². The molecule has 0 aromatic heterocycles. The van der Waals surface area contributed by atoms with Gasteiger partial charge in [0.05, 0.1) is 0 Å². The molecule has 1 unspecified atom stereocenters. The van der Waals surface area contributed by atoms with E-state index in [4.69, 9.17) is 10.5 Å². The lowest BCUT2D eigenvalue weighted by atomic mass is 10.0. The van der Waals surface area contributed by atoms with Gasteiger partial charge in [0.2, 0.25) is 0 Å². The van der Waals surface area contributed by atoms with Gasteiger partial charge in [-0.15, -0.1) is 0 Å². The van der Waals surface area contributed by atoms with Crippen molar-refractivity contribution in [3.63, 3.8) is 0 Å². The van der Waals surface area contributed by atoms with Gasteiger partial charge in [0, 0.05) is 6.42 Å². The molecule has 2 aromatic rings. The Morgan fingerprint density at radius 1 is 1.00 bits per heavy atom. The second-order valence-electron chi connectivity index (χ2n) is 4.91. The van der Waals surface area contributed by atoms with Gasteiger partial charge in [0.15, 0.2) is 0 Å². The van der Waals surface area contributed by atoms with Crippen LogP contribution in [0.2, 0.25) is 0 Å². The molecule has 2 nitrogen and oxygen atoms in total. The van der Waals surface area contributed by atoms with Gasteiger partial charge in [-0.3, -0.25) is 0 Å². The molecule has 0 saturated carbocycles. The van der Waals surface area contributed by atoms with E-state index in [9.17, 15) is 0 Å². The highest BCUT2D eigenvalue weighted by atomic mass is 16.5. The molecule has 100 valence electrons. The summed E-state index contributed by atoms with van der Waals surface area (Å²) in [5, 5.41) is 0. The Morgan fingerprint density at radius 3 is 2.37 bits per heavy atom. The first kappa shape index (κ1) is 13.6. The largest absolute Gasteiger partial charge is 0.486 e. The molecular formula is C17H21NO. The van der Waals surface area contributed by atoms with Crippen LogP contribution in [0.25, 0.3) is 0 Å². The smallest absolute Gasteiger partial charge is 0.125 e. The third kappa shape index (κ3) is 3.83. The van der Waals surface area contributed by atoms with Gasteiger partial charge in [-0.25, -0.2) is 0 Å². The fraction of sp³-hybridized carbons (Fsp3) is 0.294.